The normalized spacial score (nSPS) is 21.4. The fourth-order valence-corrected chi connectivity index (χ4v) is 4.37. The smallest absolute Gasteiger partial charge is 0.227 e. The largest absolute Gasteiger partial charge is 0.375 e. The average Bonchev–Trinajstić information content (AvgIpc) is 3.05. The summed E-state index contributed by atoms with van der Waals surface area (Å²) in [6, 6.07) is 0. The summed E-state index contributed by atoms with van der Waals surface area (Å²) >= 11 is 1.44. The van der Waals surface area contributed by atoms with Crippen LogP contribution >= 0.6 is 11.3 Å². The van der Waals surface area contributed by atoms with Gasteiger partial charge in [-0.05, 0) is 31.6 Å². The van der Waals surface area contributed by atoms with Crippen molar-refractivity contribution in [3.05, 3.63) is 10.6 Å². The highest BCUT2D eigenvalue weighted by molar-refractivity contribution is 7.15. The van der Waals surface area contributed by atoms with E-state index >= 15 is 0 Å². The molecule has 1 aliphatic heterocycles. The van der Waals surface area contributed by atoms with Crippen LogP contribution in [0.1, 0.15) is 42.7 Å². The van der Waals surface area contributed by atoms with Gasteiger partial charge in [0.05, 0.1) is 12.1 Å². The number of nitrogens with zero attached hydrogens (tertiary/aromatic N) is 2. The maximum Gasteiger partial charge on any atom is 0.227 e. The number of aryl methyl sites for hydroxylation is 1. The Labute approximate surface area is 118 Å². The molecule has 1 amide bonds. The Morgan fingerprint density at radius 1 is 1.42 bits per heavy atom. The van der Waals surface area contributed by atoms with Gasteiger partial charge in [0.25, 0.3) is 0 Å². The van der Waals surface area contributed by atoms with Gasteiger partial charge in [0.15, 0.2) is 5.13 Å². The van der Waals surface area contributed by atoms with Gasteiger partial charge in [-0.15, -0.1) is 11.3 Å². The molecule has 0 atom stereocenters. The molecule has 1 spiro atoms. The van der Waals surface area contributed by atoms with Gasteiger partial charge in [0.2, 0.25) is 5.91 Å². The maximum absolute atomic E-state index is 12.4. The second-order valence-corrected chi connectivity index (χ2v) is 7.13. The summed E-state index contributed by atoms with van der Waals surface area (Å²) in [6.07, 6.45) is 6.96. The minimum absolute atomic E-state index is 0.246. The van der Waals surface area contributed by atoms with Gasteiger partial charge in [0.1, 0.15) is 0 Å². The van der Waals surface area contributed by atoms with E-state index < -0.39 is 0 Å². The van der Waals surface area contributed by atoms with Gasteiger partial charge >= 0.3 is 0 Å². The van der Waals surface area contributed by atoms with E-state index in [1.807, 2.05) is 6.92 Å². The molecule has 2 fully saturated rings. The number of carbonyl (C=O) groups is 1. The second kappa shape index (κ2) is 4.78. The van der Waals surface area contributed by atoms with Crippen LogP contribution in [0, 0.1) is 12.3 Å². The molecule has 4 nitrogen and oxygen atoms in total. The Balaban J connectivity index is 1.64. The summed E-state index contributed by atoms with van der Waals surface area (Å²) in [5.41, 5.74) is 7.05. The highest BCUT2D eigenvalue weighted by atomic mass is 32.1. The SMILES string of the molecule is Cc1nc(N)sc1CC(=O)N1CCC2(CCCC2)C1. The fourth-order valence-electron chi connectivity index (χ4n) is 3.54. The molecule has 1 saturated carbocycles. The number of hydrogen-bond donors (Lipinski definition) is 1. The van der Waals surface area contributed by atoms with Crippen molar-refractivity contribution < 1.29 is 4.79 Å². The minimum Gasteiger partial charge on any atom is -0.375 e. The molecule has 1 aliphatic carbocycles. The Morgan fingerprint density at radius 2 is 2.16 bits per heavy atom. The number of nitrogen functional groups attached to an aromatic ring is 1. The number of thiazole rings is 1. The van der Waals surface area contributed by atoms with Crippen LogP contribution < -0.4 is 5.73 Å². The summed E-state index contributed by atoms with van der Waals surface area (Å²) in [6.45, 7) is 3.84. The van der Waals surface area contributed by atoms with Gasteiger partial charge in [0, 0.05) is 18.0 Å². The topological polar surface area (TPSA) is 59.2 Å². The molecule has 3 rings (SSSR count). The van der Waals surface area contributed by atoms with Crippen molar-refractivity contribution in [2.75, 3.05) is 18.8 Å². The van der Waals surface area contributed by atoms with E-state index in [9.17, 15) is 4.79 Å². The fraction of sp³-hybridized carbons (Fsp3) is 0.714. The molecule has 19 heavy (non-hydrogen) atoms. The Hall–Kier alpha value is -1.10. The van der Waals surface area contributed by atoms with Crippen LogP contribution in [0.5, 0.6) is 0 Å². The van der Waals surface area contributed by atoms with Crippen molar-refractivity contribution in [2.45, 2.75) is 45.4 Å². The zero-order valence-corrected chi connectivity index (χ0v) is 12.3. The van der Waals surface area contributed by atoms with Crippen molar-refractivity contribution >= 4 is 22.4 Å². The van der Waals surface area contributed by atoms with Crippen molar-refractivity contribution in [3.63, 3.8) is 0 Å². The van der Waals surface area contributed by atoms with Crippen LogP contribution in [0.3, 0.4) is 0 Å². The number of hydrogen-bond acceptors (Lipinski definition) is 4. The molecule has 0 bridgehead atoms. The molecule has 5 heteroatoms. The summed E-state index contributed by atoms with van der Waals surface area (Å²) in [5.74, 6) is 0.246. The Bertz CT molecular complexity index is 491. The van der Waals surface area contributed by atoms with Crippen LogP contribution in [0.25, 0.3) is 0 Å². The number of nitrogens with two attached hydrogens (primary N) is 1. The molecule has 2 aliphatic rings. The van der Waals surface area contributed by atoms with E-state index in [2.05, 4.69) is 9.88 Å². The Kier molecular flexibility index (Phi) is 3.25. The summed E-state index contributed by atoms with van der Waals surface area (Å²) < 4.78 is 0. The van der Waals surface area contributed by atoms with Gasteiger partial charge in [-0.25, -0.2) is 4.98 Å². The van der Waals surface area contributed by atoms with E-state index in [0.29, 0.717) is 17.0 Å². The van der Waals surface area contributed by atoms with Gasteiger partial charge in [-0.1, -0.05) is 12.8 Å². The summed E-state index contributed by atoms with van der Waals surface area (Å²) in [5, 5.41) is 0.564. The first-order chi connectivity index (χ1) is 9.08. The van der Waals surface area contributed by atoms with E-state index in [1.165, 1.54) is 43.4 Å². The van der Waals surface area contributed by atoms with Crippen LogP contribution in [0.2, 0.25) is 0 Å². The molecule has 2 heterocycles. The first-order valence-electron chi connectivity index (χ1n) is 7.08. The van der Waals surface area contributed by atoms with Crippen LogP contribution in [0.4, 0.5) is 5.13 Å². The lowest BCUT2D eigenvalue weighted by Gasteiger charge is -2.23. The van der Waals surface area contributed by atoms with E-state index in [1.54, 1.807) is 0 Å². The first-order valence-corrected chi connectivity index (χ1v) is 7.89. The number of amides is 1. The highest BCUT2D eigenvalue weighted by Crippen LogP contribution is 2.45. The van der Waals surface area contributed by atoms with Crippen LogP contribution in [-0.4, -0.2) is 28.9 Å². The predicted octanol–water partition coefficient (Wildman–Crippen LogP) is 2.37. The molecule has 1 aromatic heterocycles. The van der Waals surface area contributed by atoms with Gasteiger partial charge < -0.3 is 10.6 Å². The van der Waals surface area contributed by atoms with Crippen LogP contribution in [-0.2, 0) is 11.2 Å². The molecule has 1 aromatic rings. The van der Waals surface area contributed by atoms with Crippen molar-refractivity contribution in [2.24, 2.45) is 5.41 Å². The summed E-state index contributed by atoms with van der Waals surface area (Å²) in [4.78, 5) is 19.6. The van der Waals surface area contributed by atoms with E-state index in [4.69, 9.17) is 5.73 Å². The van der Waals surface area contributed by atoms with Crippen LogP contribution in [0.15, 0.2) is 0 Å². The van der Waals surface area contributed by atoms with E-state index in [0.717, 1.165) is 23.7 Å². The van der Waals surface area contributed by atoms with Gasteiger partial charge in [-0.2, -0.15) is 0 Å². The zero-order chi connectivity index (χ0) is 13.5. The van der Waals surface area contributed by atoms with Crippen molar-refractivity contribution in [1.82, 2.24) is 9.88 Å². The predicted molar refractivity (Wildman–Crippen MR) is 77.1 cm³/mol. The third kappa shape index (κ3) is 2.48. The van der Waals surface area contributed by atoms with Crippen molar-refractivity contribution in [1.29, 1.82) is 0 Å². The average molecular weight is 279 g/mol. The lowest BCUT2D eigenvalue weighted by molar-refractivity contribution is -0.129. The molecule has 0 aromatic carbocycles. The summed E-state index contributed by atoms with van der Waals surface area (Å²) in [7, 11) is 0. The number of anilines is 1. The molecule has 1 saturated heterocycles. The number of aromatic nitrogens is 1. The quantitative estimate of drug-likeness (QED) is 0.904. The molecular formula is C14H21N3OS. The highest BCUT2D eigenvalue weighted by Gasteiger charge is 2.41. The minimum atomic E-state index is 0.246. The molecule has 0 radical (unpaired) electrons. The monoisotopic (exact) mass is 279 g/mol. The van der Waals surface area contributed by atoms with Gasteiger partial charge in [-0.3, -0.25) is 4.79 Å². The molecule has 2 N–H and O–H groups in total. The molecular weight excluding hydrogens is 258 g/mol. The third-order valence-corrected chi connectivity index (χ3v) is 5.66. The van der Waals surface area contributed by atoms with Crippen molar-refractivity contribution in [3.8, 4) is 0 Å². The lowest BCUT2D eigenvalue weighted by Crippen LogP contribution is -2.32. The number of rotatable bonds is 2. The molecule has 104 valence electrons. The molecule has 0 unspecified atom stereocenters. The zero-order valence-electron chi connectivity index (χ0n) is 11.4. The second-order valence-electron chi connectivity index (χ2n) is 6.01. The first kappa shape index (κ1) is 12.9. The number of carbonyl (C=O) groups excluding carboxylic acids is 1. The Morgan fingerprint density at radius 3 is 2.79 bits per heavy atom. The maximum atomic E-state index is 12.4. The number of likely N-dealkylation sites (tertiary alicyclic amines) is 1. The van der Waals surface area contributed by atoms with E-state index in [-0.39, 0.29) is 5.91 Å². The third-order valence-electron chi connectivity index (χ3n) is 4.68. The lowest BCUT2D eigenvalue weighted by atomic mass is 9.86. The standard InChI is InChI=1S/C14H21N3OS/c1-10-11(19-13(15)16-10)8-12(18)17-7-6-14(9-17)4-2-3-5-14/h2-9H2,1H3,(H2,15,16).